The Morgan fingerprint density at radius 1 is 1.09 bits per heavy atom. The maximum absolute atomic E-state index is 13.3. The lowest BCUT2D eigenvalue weighted by Crippen LogP contribution is -2.47. The van der Waals surface area contributed by atoms with Crippen LogP contribution in [-0.4, -0.2) is 64.7 Å². The van der Waals surface area contributed by atoms with Gasteiger partial charge in [0.25, 0.3) is 0 Å². The fourth-order valence-electron chi connectivity index (χ4n) is 4.28. The number of rotatable bonds is 6. The molecule has 32 heavy (non-hydrogen) atoms. The molecule has 1 N–H and O–H groups in total. The molecule has 0 spiro atoms. The highest BCUT2D eigenvalue weighted by molar-refractivity contribution is 5.83. The minimum Gasteiger partial charge on any atom is -0.487 e. The van der Waals surface area contributed by atoms with Gasteiger partial charge in [0.05, 0.1) is 25.3 Å². The fraction of sp³-hybridized carbons (Fsp3) is 0.333. The number of fused-ring (bicyclic) bond motifs is 1. The molecule has 2 atom stereocenters. The highest BCUT2D eigenvalue weighted by atomic mass is 16.5. The summed E-state index contributed by atoms with van der Waals surface area (Å²) < 4.78 is 11.7. The third-order valence-corrected chi connectivity index (χ3v) is 5.80. The standard InChI is InChI=1S/C24H25N5O3/c30-24(21(18-5-2-7-25-15-18)29-10-12-31-13-11-29)28-16-19-14-17-4-1-6-20(22(17)32-19)23-26-8-3-9-27-23/h1-9,15,19,21H,10-14,16H2,(H,28,30)/t19-,21-/m1/s1. The van der Waals surface area contributed by atoms with E-state index in [4.69, 9.17) is 9.47 Å². The molecular weight excluding hydrogens is 406 g/mol. The first-order valence-corrected chi connectivity index (χ1v) is 10.8. The van der Waals surface area contributed by atoms with Gasteiger partial charge in [0.1, 0.15) is 17.9 Å². The molecule has 8 heteroatoms. The Labute approximate surface area is 186 Å². The number of hydrogen-bond donors (Lipinski definition) is 1. The van der Waals surface area contributed by atoms with Crippen molar-refractivity contribution in [3.8, 4) is 17.1 Å². The highest BCUT2D eigenvalue weighted by Gasteiger charge is 2.31. The summed E-state index contributed by atoms with van der Waals surface area (Å²) in [5.74, 6) is 1.39. The quantitative estimate of drug-likeness (QED) is 0.639. The van der Waals surface area contributed by atoms with E-state index in [0.717, 1.165) is 28.9 Å². The number of morpholine rings is 1. The minimum absolute atomic E-state index is 0.0499. The second-order valence-electron chi connectivity index (χ2n) is 7.89. The molecule has 5 rings (SSSR count). The van der Waals surface area contributed by atoms with Gasteiger partial charge in [-0.3, -0.25) is 14.7 Å². The zero-order chi connectivity index (χ0) is 21.8. The second kappa shape index (κ2) is 9.42. The smallest absolute Gasteiger partial charge is 0.242 e. The molecule has 1 aromatic carbocycles. The summed E-state index contributed by atoms with van der Waals surface area (Å²) in [6.07, 6.45) is 7.50. The lowest BCUT2D eigenvalue weighted by Gasteiger charge is -2.33. The maximum Gasteiger partial charge on any atom is 0.242 e. The summed E-state index contributed by atoms with van der Waals surface area (Å²) in [5, 5.41) is 3.11. The lowest BCUT2D eigenvalue weighted by atomic mass is 10.0. The number of benzene rings is 1. The number of pyridine rings is 1. The van der Waals surface area contributed by atoms with Gasteiger partial charge >= 0.3 is 0 Å². The van der Waals surface area contributed by atoms with Crippen molar-refractivity contribution in [2.24, 2.45) is 0 Å². The fourth-order valence-corrected chi connectivity index (χ4v) is 4.28. The van der Waals surface area contributed by atoms with Crippen LogP contribution in [0.25, 0.3) is 11.4 Å². The van der Waals surface area contributed by atoms with Crippen LogP contribution >= 0.6 is 0 Å². The number of amides is 1. The van der Waals surface area contributed by atoms with Crippen molar-refractivity contribution >= 4 is 5.91 Å². The zero-order valence-corrected chi connectivity index (χ0v) is 17.7. The van der Waals surface area contributed by atoms with Crippen LogP contribution in [0.5, 0.6) is 5.75 Å². The van der Waals surface area contributed by atoms with E-state index >= 15 is 0 Å². The monoisotopic (exact) mass is 431 g/mol. The minimum atomic E-state index is -0.398. The number of hydrogen-bond acceptors (Lipinski definition) is 7. The molecule has 164 valence electrons. The number of nitrogens with one attached hydrogen (secondary N) is 1. The lowest BCUT2D eigenvalue weighted by molar-refractivity contribution is -0.128. The van der Waals surface area contributed by atoms with Crippen molar-refractivity contribution in [1.29, 1.82) is 0 Å². The van der Waals surface area contributed by atoms with E-state index in [9.17, 15) is 4.79 Å². The number of carbonyl (C=O) groups excluding carboxylic acids is 1. The van der Waals surface area contributed by atoms with Crippen molar-refractivity contribution in [2.45, 2.75) is 18.6 Å². The molecule has 0 saturated carbocycles. The molecule has 1 amide bonds. The average molecular weight is 431 g/mol. The first kappa shape index (κ1) is 20.5. The Bertz CT molecular complexity index is 1060. The molecule has 0 bridgehead atoms. The summed E-state index contributed by atoms with van der Waals surface area (Å²) in [6, 6.07) is 11.2. The van der Waals surface area contributed by atoms with Gasteiger partial charge < -0.3 is 14.8 Å². The molecule has 0 radical (unpaired) electrons. The summed E-state index contributed by atoms with van der Waals surface area (Å²) in [4.78, 5) is 28.3. The third kappa shape index (κ3) is 4.32. The average Bonchev–Trinajstić information content (AvgIpc) is 3.28. The molecule has 2 aromatic heterocycles. The van der Waals surface area contributed by atoms with Crippen molar-refractivity contribution in [3.63, 3.8) is 0 Å². The van der Waals surface area contributed by atoms with Crippen LogP contribution < -0.4 is 10.1 Å². The molecule has 2 aliphatic rings. The summed E-state index contributed by atoms with van der Waals surface area (Å²) in [6.45, 7) is 3.08. The molecule has 1 fully saturated rings. The topological polar surface area (TPSA) is 89.5 Å². The van der Waals surface area contributed by atoms with Crippen LogP contribution in [-0.2, 0) is 16.0 Å². The predicted molar refractivity (Wildman–Crippen MR) is 118 cm³/mol. The van der Waals surface area contributed by atoms with E-state index in [2.05, 4.69) is 31.2 Å². The third-order valence-electron chi connectivity index (χ3n) is 5.80. The number of para-hydroxylation sites is 1. The Balaban J connectivity index is 1.28. The van der Waals surface area contributed by atoms with Gasteiger partial charge in [-0.1, -0.05) is 18.2 Å². The molecule has 0 unspecified atom stereocenters. The van der Waals surface area contributed by atoms with E-state index < -0.39 is 6.04 Å². The second-order valence-corrected chi connectivity index (χ2v) is 7.89. The molecular formula is C24H25N5O3. The number of nitrogens with zero attached hydrogens (tertiary/aromatic N) is 4. The van der Waals surface area contributed by atoms with Crippen molar-refractivity contribution in [2.75, 3.05) is 32.8 Å². The zero-order valence-electron chi connectivity index (χ0n) is 17.7. The molecule has 2 aliphatic heterocycles. The van der Waals surface area contributed by atoms with Crippen LogP contribution in [0.15, 0.2) is 61.2 Å². The number of ether oxygens (including phenoxy) is 2. The molecule has 3 aromatic rings. The van der Waals surface area contributed by atoms with E-state index in [1.54, 1.807) is 30.9 Å². The largest absolute Gasteiger partial charge is 0.487 e. The van der Waals surface area contributed by atoms with Gasteiger partial charge in [-0.05, 0) is 29.3 Å². The van der Waals surface area contributed by atoms with E-state index in [0.29, 0.717) is 38.7 Å². The van der Waals surface area contributed by atoms with Gasteiger partial charge in [-0.25, -0.2) is 9.97 Å². The maximum atomic E-state index is 13.3. The molecule has 4 heterocycles. The molecule has 1 saturated heterocycles. The van der Waals surface area contributed by atoms with Crippen LogP contribution in [0.4, 0.5) is 0 Å². The first-order chi connectivity index (χ1) is 15.8. The summed E-state index contributed by atoms with van der Waals surface area (Å²) >= 11 is 0. The van der Waals surface area contributed by atoms with Crippen LogP contribution in [0.1, 0.15) is 17.2 Å². The van der Waals surface area contributed by atoms with Gasteiger partial charge in [-0.2, -0.15) is 0 Å². The summed E-state index contributed by atoms with van der Waals surface area (Å²) in [7, 11) is 0. The van der Waals surface area contributed by atoms with Gasteiger partial charge in [0.2, 0.25) is 5.91 Å². The van der Waals surface area contributed by atoms with Crippen molar-refractivity contribution in [1.82, 2.24) is 25.2 Å². The van der Waals surface area contributed by atoms with Crippen LogP contribution in [0.3, 0.4) is 0 Å². The SMILES string of the molecule is O=C(NC[C@H]1Cc2cccc(-c3ncccn3)c2O1)[C@@H](c1cccnc1)N1CCOCC1. The molecule has 8 nitrogen and oxygen atoms in total. The van der Waals surface area contributed by atoms with Gasteiger partial charge in [-0.15, -0.1) is 0 Å². The van der Waals surface area contributed by atoms with E-state index in [1.165, 1.54) is 0 Å². The first-order valence-electron chi connectivity index (χ1n) is 10.8. The van der Waals surface area contributed by atoms with E-state index in [-0.39, 0.29) is 12.0 Å². The number of carbonyl (C=O) groups is 1. The van der Waals surface area contributed by atoms with Gasteiger partial charge in [0, 0.05) is 44.3 Å². The normalized spacial score (nSPS) is 19.1. The Morgan fingerprint density at radius 3 is 2.72 bits per heavy atom. The highest BCUT2D eigenvalue weighted by Crippen LogP contribution is 2.37. The van der Waals surface area contributed by atoms with Crippen LogP contribution in [0, 0.1) is 0 Å². The predicted octanol–water partition coefficient (Wildman–Crippen LogP) is 2.03. The van der Waals surface area contributed by atoms with E-state index in [1.807, 2.05) is 24.3 Å². The molecule has 0 aliphatic carbocycles. The van der Waals surface area contributed by atoms with Crippen molar-refractivity contribution in [3.05, 3.63) is 72.3 Å². The Kier molecular flexibility index (Phi) is 6.04. The Morgan fingerprint density at radius 2 is 1.94 bits per heavy atom. The van der Waals surface area contributed by atoms with Crippen LogP contribution in [0.2, 0.25) is 0 Å². The Hall–Kier alpha value is -3.36. The van der Waals surface area contributed by atoms with Crippen molar-refractivity contribution < 1.29 is 14.3 Å². The van der Waals surface area contributed by atoms with Gasteiger partial charge in [0.15, 0.2) is 5.82 Å². The number of aromatic nitrogens is 3. The summed E-state index contributed by atoms with van der Waals surface area (Å²) in [5.41, 5.74) is 2.86.